The highest BCUT2D eigenvalue weighted by molar-refractivity contribution is 5.90. The van der Waals surface area contributed by atoms with Crippen LogP contribution in [-0.2, 0) is 9.78 Å². The predicted octanol–water partition coefficient (Wildman–Crippen LogP) is 4.55. The Hall–Kier alpha value is -2.13. The highest BCUT2D eigenvalue weighted by Gasteiger charge is 2.16. The van der Waals surface area contributed by atoms with Gasteiger partial charge in [-0.25, -0.2) is 4.79 Å². The zero-order valence-electron chi connectivity index (χ0n) is 12.8. The standard InChI is InChI=1S/C18H20O3/c1-13-8-10-14(11-9-13)15-6-5-7-16(12-15)17(19)20-21-18(2,3)4/h5-12H,1-4H3. The van der Waals surface area contributed by atoms with Crippen molar-refractivity contribution < 1.29 is 14.6 Å². The van der Waals surface area contributed by atoms with Crippen molar-refractivity contribution in [1.82, 2.24) is 0 Å². The summed E-state index contributed by atoms with van der Waals surface area (Å²) in [5.74, 6) is -0.487. The average molecular weight is 284 g/mol. The van der Waals surface area contributed by atoms with Crippen molar-refractivity contribution in [3.8, 4) is 11.1 Å². The maximum atomic E-state index is 12.0. The number of carbonyl (C=O) groups excluding carboxylic acids is 1. The Morgan fingerprint density at radius 1 is 0.952 bits per heavy atom. The van der Waals surface area contributed by atoms with Crippen molar-refractivity contribution in [2.75, 3.05) is 0 Å². The van der Waals surface area contributed by atoms with Crippen LogP contribution in [0.15, 0.2) is 48.5 Å². The monoisotopic (exact) mass is 284 g/mol. The first-order chi connectivity index (χ1) is 9.85. The molecule has 21 heavy (non-hydrogen) atoms. The fourth-order valence-corrected chi connectivity index (χ4v) is 1.78. The van der Waals surface area contributed by atoms with Gasteiger partial charge in [0.2, 0.25) is 0 Å². The molecule has 2 rings (SSSR count). The molecule has 0 saturated carbocycles. The first-order valence-electron chi connectivity index (χ1n) is 6.92. The number of benzene rings is 2. The molecule has 3 nitrogen and oxygen atoms in total. The average Bonchev–Trinajstić information content (AvgIpc) is 2.45. The van der Waals surface area contributed by atoms with Crippen molar-refractivity contribution in [2.24, 2.45) is 0 Å². The highest BCUT2D eigenvalue weighted by atomic mass is 17.2. The Morgan fingerprint density at radius 2 is 1.62 bits per heavy atom. The second-order valence-corrected chi connectivity index (χ2v) is 6.01. The van der Waals surface area contributed by atoms with E-state index in [1.54, 1.807) is 12.1 Å². The SMILES string of the molecule is Cc1ccc(-c2cccc(C(=O)OOC(C)(C)C)c2)cc1. The van der Waals surface area contributed by atoms with E-state index >= 15 is 0 Å². The highest BCUT2D eigenvalue weighted by Crippen LogP contribution is 2.21. The van der Waals surface area contributed by atoms with Crippen molar-refractivity contribution in [1.29, 1.82) is 0 Å². The van der Waals surface area contributed by atoms with E-state index in [4.69, 9.17) is 9.78 Å². The number of carbonyl (C=O) groups is 1. The molecule has 0 bridgehead atoms. The summed E-state index contributed by atoms with van der Waals surface area (Å²) < 4.78 is 0. The Balaban J connectivity index is 2.17. The third kappa shape index (κ3) is 4.43. The molecule has 0 heterocycles. The van der Waals surface area contributed by atoms with E-state index in [0.717, 1.165) is 11.1 Å². The molecule has 0 amide bonds. The molecule has 0 spiro atoms. The number of rotatable bonds is 3. The molecule has 2 aromatic carbocycles. The van der Waals surface area contributed by atoms with Crippen LogP contribution in [0.1, 0.15) is 36.7 Å². The van der Waals surface area contributed by atoms with Crippen LogP contribution in [-0.4, -0.2) is 11.6 Å². The fraction of sp³-hybridized carbons (Fsp3) is 0.278. The molecule has 0 atom stereocenters. The molecule has 0 aliphatic rings. The molecule has 0 unspecified atom stereocenters. The van der Waals surface area contributed by atoms with E-state index in [1.807, 2.05) is 64.1 Å². The largest absolute Gasteiger partial charge is 0.373 e. The number of hydrogen-bond donors (Lipinski definition) is 0. The Morgan fingerprint density at radius 3 is 2.24 bits per heavy atom. The predicted molar refractivity (Wildman–Crippen MR) is 82.9 cm³/mol. The molecule has 2 aromatic rings. The first-order valence-corrected chi connectivity index (χ1v) is 6.92. The summed E-state index contributed by atoms with van der Waals surface area (Å²) in [6.07, 6.45) is 0. The summed E-state index contributed by atoms with van der Waals surface area (Å²) in [7, 11) is 0. The minimum Gasteiger partial charge on any atom is -0.292 e. The molecule has 0 radical (unpaired) electrons. The topological polar surface area (TPSA) is 35.5 Å². The van der Waals surface area contributed by atoms with Crippen molar-refractivity contribution >= 4 is 5.97 Å². The van der Waals surface area contributed by atoms with Crippen LogP contribution in [0.4, 0.5) is 0 Å². The lowest BCUT2D eigenvalue weighted by Crippen LogP contribution is -2.21. The van der Waals surface area contributed by atoms with E-state index in [-0.39, 0.29) is 0 Å². The number of hydrogen-bond acceptors (Lipinski definition) is 3. The van der Waals surface area contributed by atoms with Crippen LogP contribution >= 0.6 is 0 Å². The number of aryl methyl sites for hydroxylation is 1. The summed E-state index contributed by atoms with van der Waals surface area (Å²) in [6.45, 7) is 7.51. The minimum atomic E-state index is -0.524. The van der Waals surface area contributed by atoms with E-state index in [1.165, 1.54) is 5.56 Å². The molecule has 0 aliphatic heterocycles. The molecular weight excluding hydrogens is 264 g/mol. The van der Waals surface area contributed by atoms with Gasteiger partial charge in [0.1, 0.15) is 5.60 Å². The lowest BCUT2D eigenvalue weighted by molar-refractivity contribution is -0.301. The van der Waals surface area contributed by atoms with E-state index in [0.29, 0.717) is 5.56 Å². The fourth-order valence-electron chi connectivity index (χ4n) is 1.78. The van der Waals surface area contributed by atoms with Crippen molar-refractivity contribution in [3.63, 3.8) is 0 Å². The van der Waals surface area contributed by atoms with Gasteiger partial charge in [-0.15, -0.1) is 0 Å². The van der Waals surface area contributed by atoms with Gasteiger partial charge >= 0.3 is 5.97 Å². The first kappa shape index (κ1) is 15.3. The molecule has 3 heteroatoms. The lowest BCUT2D eigenvalue weighted by atomic mass is 10.0. The summed E-state index contributed by atoms with van der Waals surface area (Å²) in [6, 6.07) is 15.5. The zero-order chi connectivity index (χ0) is 15.5. The molecule has 0 fully saturated rings. The van der Waals surface area contributed by atoms with E-state index < -0.39 is 11.6 Å². The lowest BCUT2D eigenvalue weighted by Gasteiger charge is -2.16. The van der Waals surface area contributed by atoms with Gasteiger partial charge in [-0.05, 0) is 51.0 Å². The van der Waals surface area contributed by atoms with E-state index in [9.17, 15) is 4.79 Å². The normalized spacial score (nSPS) is 11.2. The summed E-state index contributed by atoms with van der Waals surface area (Å²) in [5.41, 5.74) is 3.18. The third-order valence-electron chi connectivity index (χ3n) is 2.85. The van der Waals surface area contributed by atoms with Gasteiger partial charge in [0.05, 0.1) is 5.56 Å². The van der Waals surface area contributed by atoms with Crippen LogP contribution in [0.3, 0.4) is 0 Å². The van der Waals surface area contributed by atoms with Gasteiger partial charge < -0.3 is 0 Å². The second-order valence-electron chi connectivity index (χ2n) is 6.01. The summed E-state index contributed by atoms with van der Waals surface area (Å²) in [4.78, 5) is 21.9. The molecule has 0 aromatic heterocycles. The molecule has 0 N–H and O–H groups in total. The quantitative estimate of drug-likeness (QED) is 0.612. The van der Waals surface area contributed by atoms with Crippen LogP contribution in [0.25, 0.3) is 11.1 Å². The maximum Gasteiger partial charge on any atom is 0.373 e. The Labute approximate surface area is 125 Å². The Kier molecular flexibility index (Phi) is 4.43. The minimum absolute atomic E-state index is 0.470. The van der Waals surface area contributed by atoms with Gasteiger partial charge in [0.25, 0.3) is 0 Å². The van der Waals surface area contributed by atoms with Crippen LogP contribution in [0, 0.1) is 6.92 Å². The Bertz CT molecular complexity index is 622. The van der Waals surface area contributed by atoms with Gasteiger partial charge in [-0.1, -0.05) is 42.0 Å². The van der Waals surface area contributed by atoms with Crippen LogP contribution < -0.4 is 0 Å². The van der Waals surface area contributed by atoms with Crippen LogP contribution in [0.2, 0.25) is 0 Å². The van der Waals surface area contributed by atoms with Crippen molar-refractivity contribution in [3.05, 3.63) is 59.7 Å². The third-order valence-corrected chi connectivity index (χ3v) is 2.85. The molecular formula is C18H20O3. The molecule has 0 saturated heterocycles. The molecule has 110 valence electrons. The van der Waals surface area contributed by atoms with Gasteiger partial charge in [-0.3, -0.25) is 4.89 Å². The van der Waals surface area contributed by atoms with Gasteiger partial charge in [0, 0.05) is 0 Å². The van der Waals surface area contributed by atoms with Gasteiger partial charge in [0.15, 0.2) is 0 Å². The summed E-state index contributed by atoms with van der Waals surface area (Å²) >= 11 is 0. The van der Waals surface area contributed by atoms with Crippen LogP contribution in [0.5, 0.6) is 0 Å². The zero-order valence-corrected chi connectivity index (χ0v) is 12.8. The van der Waals surface area contributed by atoms with Crippen molar-refractivity contribution in [2.45, 2.75) is 33.3 Å². The smallest absolute Gasteiger partial charge is 0.292 e. The maximum absolute atomic E-state index is 12.0. The molecule has 0 aliphatic carbocycles. The summed E-state index contributed by atoms with van der Waals surface area (Å²) in [5, 5.41) is 0. The van der Waals surface area contributed by atoms with E-state index in [2.05, 4.69) is 0 Å². The van der Waals surface area contributed by atoms with Gasteiger partial charge in [-0.2, -0.15) is 4.89 Å². The second kappa shape index (κ2) is 6.10.